The van der Waals surface area contributed by atoms with E-state index >= 15 is 0 Å². The predicted octanol–water partition coefficient (Wildman–Crippen LogP) is 0.821. The molecule has 3 aliphatic heterocycles. The Balaban J connectivity index is 1.28. The lowest BCUT2D eigenvalue weighted by Crippen LogP contribution is -2.62. The number of hydrogen-bond donors (Lipinski definition) is 1. The fourth-order valence-electron chi connectivity index (χ4n) is 4.14. The van der Waals surface area contributed by atoms with Crippen LogP contribution in [0, 0.1) is 0 Å². The lowest BCUT2D eigenvalue weighted by Gasteiger charge is -2.41. The minimum Gasteiger partial charge on any atom is -0.483 e. The second-order valence-corrected chi connectivity index (χ2v) is 8.61. The molecule has 0 radical (unpaired) electrons. The maximum Gasteiger partial charge on any atom is 0.325 e. The molecule has 30 heavy (non-hydrogen) atoms. The quantitative estimate of drug-likeness (QED) is 0.782. The number of fused-ring (bicyclic) bond motifs is 1. The Bertz CT molecular complexity index is 845. The first-order chi connectivity index (χ1) is 14.2. The van der Waals surface area contributed by atoms with Gasteiger partial charge in [0.15, 0.2) is 18.1 Å². The molecule has 0 bridgehead atoms. The number of piperazine rings is 1. The number of rotatable bonds is 4. The van der Waals surface area contributed by atoms with Crippen LogP contribution in [0.2, 0.25) is 0 Å². The summed E-state index contributed by atoms with van der Waals surface area (Å²) < 4.78 is 11.8. The van der Waals surface area contributed by atoms with Crippen LogP contribution < -0.4 is 14.8 Å². The molecule has 9 heteroatoms. The molecule has 162 valence electrons. The first-order valence-corrected chi connectivity index (χ1v) is 10.3. The monoisotopic (exact) mass is 416 g/mol. The van der Waals surface area contributed by atoms with Crippen LogP contribution in [-0.2, 0) is 16.0 Å². The number of nitrogens with one attached hydrogen (secondary N) is 1. The number of urea groups is 1. The van der Waals surface area contributed by atoms with Crippen molar-refractivity contribution >= 4 is 17.8 Å². The van der Waals surface area contributed by atoms with E-state index in [0.29, 0.717) is 31.9 Å². The van der Waals surface area contributed by atoms with Crippen LogP contribution in [0.15, 0.2) is 18.2 Å². The third-order valence-electron chi connectivity index (χ3n) is 5.85. The molecule has 0 aliphatic carbocycles. The molecule has 4 amide bonds. The van der Waals surface area contributed by atoms with Crippen molar-refractivity contribution in [1.82, 2.24) is 20.0 Å². The third-order valence-corrected chi connectivity index (χ3v) is 5.85. The molecule has 3 heterocycles. The van der Waals surface area contributed by atoms with Crippen molar-refractivity contribution in [3.63, 3.8) is 0 Å². The van der Waals surface area contributed by atoms with Crippen molar-refractivity contribution in [1.29, 1.82) is 0 Å². The van der Waals surface area contributed by atoms with Crippen LogP contribution in [0.3, 0.4) is 0 Å². The molecule has 0 spiro atoms. The van der Waals surface area contributed by atoms with E-state index in [1.807, 2.05) is 36.9 Å². The number of carbonyl (C=O) groups excluding carboxylic acids is 3. The molecule has 2 saturated heterocycles. The van der Waals surface area contributed by atoms with Crippen molar-refractivity contribution < 1.29 is 23.9 Å². The van der Waals surface area contributed by atoms with Gasteiger partial charge in [-0.15, -0.1) is 0 Å². The van der Waals surface area contributed by atoms with Gasteiger partial charge in [0.1, 0.15) is 5.60 Å². The molecular formula is C21H28N4O5. The number of para-hydroxylation sites is 1. The van der Waals surface area contributed by atoms with E-state index < -0.39 is 0 Å². The van der Waals surface area contributed by atoms with E-state index in [-0.39, 0.29) is 42.6 Å². The Morgan fingerprint density at radius 1 is 1.23 bits per heavy atom. The minimum atomic E-state index is -0.385. The van der Waals surface area contributed by atoms with Crippen molar-refractivity contribution in [2.45, 2.75) is 38.5 Å². The van der Waals surface area contributed by atoms with Crippen molar-refractivity contribution in [2.75, 3.05) is 39.8 Å². The zero-order chi connectivity index (χ0) is 21.5. The van der Waals surface area contributed by atoms with Gasteiger partial charge >= 0.3 is 6.03 Å². The van der Waals surface area contributed by atoms with Crippen LogP contribution in [0.25, 0.3) is 0 Å². The summed E-state index contributed by atoms with van der Waals surface area (Å²) in [5, 5.41) is 2.84. The van der Waals surface area contributed by atoms with Crippen molar-refractivity contribution in [2.24, 2.45) is 0 Å². The SMILES string of the molecule is CN1C(=O)CC(N2CCN(C(=O)COc3cccc4c3OC(C)(C)C4)CC2)NC1=O. The smallest absolute Gasteiger partial charge is 0.325 e. The fraction of sp³-hybridized carbons (Fsp3) is 0.571. The minimum absolute atomic E-state index is 0.0519. The number of ether oxygens (including phenoxy) is 2. The van der Waals surface area contributed by atoms with Gasteiger partial charge in [0.2, 0.25) is 5.91 Å². The predicted molar refractivity (Wildman–Crippen MR) is 108 cm³/mol. The van der Waals surface area contributed by atoms with Crippen LogP contribution in [0.4, 0.5) is 4.79 Å². The molecule has 9 nitrogen and oxygen atoms in total. The fourth-order valence-corrected chi connectivity index (χ4v) is 4.14. The zero-order valence-electron chi connectivity index (χ0n) is 17.6. The van der Waals surface area contributed by atoms with Gasteiger partial charge < -0.3 is 19.7 Å². The highest BCUT2D eigenvalue weighted by Gasteiger charge is 2.35. The number of imide groups is 1. The Kier molecular flexibility index (Phi) is 5.31. The van der Waals surface area contributed by atoms with Crippen LogP contribution in [0.5, 0.6) is 11.5 Å². The highest BCUT2D eigenvalue weighted by atomic mass is 16.5. The second kappa shape index (κ2) is 7.79. The van der Waals surface area contributed by atoms with Gasteiger partial charge in [-0.3, -0.25) is 19.4 Å². The molecule has 0 aromatic heterocycles. The summed E-state index contributed by atoms with van der Waals surface area (Å²) in [4.78, 5) is 41.3. The first-order valence-electron chi connectivity index (χ1n) is 10.3. The maximum atomic E-state index is 12.6. The van der Waals surface area contributed by atoms with Gasteiger partial charge in [-0.05, 0) is 19.9 Å². The summed E-state index contributed by atoms with van der Waals surface area (Å²) in [6, 6.07) is 5.37. The summed E-state index contributed by atoms with van der Waals surface area (Å²) in [5.74, 6) is 1.03. The number of nitrogens with zero attached hydrogens (tertiary/aromatic N) is 3. The lowest BCUT2D eigenvalue weighted by atomic mass is 10.0. The van der Waals surface area contributed by atoms with E-state index in [9.17, 15) is 14.4 Å². The molecular weight excluding hydrogens is 388 g/mol. The molecule has 3 aliphatic rings. The Morgan fingerprint density at radius 2 is 1.97 bits per heavy atom. The van der Waals surface area contributed by atoms with E-state index in [2.05, 4.69) is 5.32 Å². The molecule has 1 atom stereocenters. The summed E-state index contributed by atoms with van der Waals surface area (Å²) in [7, 11) is 1.47. The Morgan fingerprint density at radius 3 is 2.67 bits per heavy atom. The molecule has 1 N–H and O–H groups in total. The number of hydrogen-bond acceptors (Lipinski definition) is 6. The van der Waals surface area contributed by atoms with Gasteiger partial charge in [0, 0.05) is 45.2 Å². The zero-order valence-corrected chi connectivity index (χ0v) is 17.6. The Hall–Kier alpha value is -2.81. The average Bonchev–Trinajstić information content (AvgIpc) is 3.04. The maximum absolute atomic E-state index is 12.6. The first kappa shape index (κ1) is 20.5. The Labute approximate surface area is 175 Å². The van der Waals surface area contributed by atoms with Gasteiger partial charge in [0.05, 0.1) is 12.6 Å². The highest BCUT2D eigenvalue weighted by molar-refractivity contribution is 5.96. The third kappa shape index (κ3) is 4.07. The summed E-state index contributed by atoms with van der Waals surface area (Å²) in [5.41, 5.74) is 0.820. The van der Waals surface area contributed by atoms with Gasteiger partial charge in [-0.2, -0.15) is 0 Å². The van der Waals surface area contributed by atoms with Gasteiger partial charge in [-0.1, -0.05) is 12.1 Å². The van der Waals surface area contributed by atoms with Crippen molar-refractivity contribution in [3.8, 4) is 11.5 Å². The van der Waals surface area contributed by atoms with E-state index in [0.717, 1.165) is 22.6 Å². The van der Waals surface area contributed by atoms with Crippen molar-refractivity contribution in [3.05, 3.63) is 23.8 Å². The standard InChI is InChI=1S/C21H28N4O5/c1-21(2)12-14-5-4-6-15(19(14)30-21)29-13-18(27)25-9-7-24(8-10-25)16-11-17(26)23(3)20(28)22-16/h4-6,16H,7-13H2,1-3H3,(H,22,28). The van der Waals surface area contributed by atoms with Crippen LogP contribution in [-0.4, -0.2) is 84.1 Å². The van der Waals surface area contributed by atoms with E-state index in [1.165, 1.54) is 7.05 Å². The number of carbonyl (C=O) groups is 3. The summed E-state index contributed by atoms with van der Waals surface area (Å²) in [6.45, 7) is 6.23. The van der Waals surface area contributed by atoms with E-state index in [4.69, 9.17) is 9.47 Å². The van der Waals surface area contributed by atoms with Gasteiger partial charge in [-0.25, -0.2) is 4.79 Å². The molecule has 1 unspecified atom stereocenters. The number of benzene rings is 1. The molecule has 2 fully saturated rings. The van der Waals surface area contributed by atoms with Crippen LogP contribution in [0.1, 0.15) is 25.8 Å². The lowest BCUT2D eigenvalue weighted by molar-refractivity contribution is -0.137. The summed E-state index contributed by atoms with van der Waals surface area (Å²) >= 11 is 0. The topological polar surface area (TPSA) is 91.4 Å². The second-order valence-electron chi connectivity index (χ2n) is 8.61. The largest absolute Gasteiger partial charge is 0.483 e. The molecule has 4 rings (SSSR count). The molecule has 0 saturated carbocycles. The highest BCUT2D eigenvalue weighted by Crippen LogP contribution is 2.41. The van der Waals surface area contributed by atoms with Crippen LogP contribution >= 0.6 is 0 Å². The van der Waals surface area contributed by atoms with E-state index in [1.54, 1.807) is 4.90 Å². The molecule has 1 aromatic carbocycles. The average molecular weight is 416 g/mol. The molecule has 1 aromatic rings. The summed E-state index contributed by atoms with van der Waals surface area (Å²) in [6.07, 6.45) is 0.738. The number of amides is 4. The van der Waals surface area contributed by atoms with Gasteiger partial charge in [0.25, 0.3) is 5.91 Å². The normalized spacial score (nSPS) is 23.6.